The van der Waals surface area contributed by atoms with Gasteiger partial charge in [-0.1, -0.05) is 13.8 Å². The fraction of sp³-hybridized carbons (Fsp3) is 0.846. The Bertz CT molecular complexity index is 405. The van der Waals surface area contributed by atoms with Gasteiger partial charge >= 0.3 is 0 Å². The van der Waals surface area contributed by atoms with Crippen molar-refractivity contribution in [2.45, 2.75) is 33.4 Å². The third-order valence-electron chi connectivity index (χ3n) is 4.76. The molecular formula is C13H23N5. The highest BCUT2D eigenvalue weighted by atomic mass is 15.3. The van der Waals surface area contributed by atoms with Crippen molar-refractivity contribution in [3.8, 4) is 0 Å². The van der Waals surface area contributed by atoms with Gasteiger partial charge in [-0.05, 0) is 24.3 Å². The molecule has 5 nitrogen and oxygen atoms in total. The van der Waals surface area contributed by atoms with Gasteiger partial charge in [-0.2, -0.15) is 0 Å². The summed E-state index contributed by atoms with van der Waals surface area (Å²) < 4.78 is 2.17. The molecule has 0 amide bonds. The van der Waals surface area contributed by atoms with Crippen LogP contribution in [0.25, 0.3) is 0 Å². The second kappa shape index (κ2) is 4.63. The molecule has 1 N–H and O–H groups in total. The van der Waals surface area contributed by atoms with Crippen molar-refractivity contribution in [1.29, 1.82) is 0 Å². The number of aromatic nitrogens is 3. The average Bonchev–Trinajstić information content (AvgIpc) is 2.97. The predicted octanol–water partition coefficient (Wildman–Crippen LogP) is 0.729. The summed E-state index contributed by atoms with van der Waals surface area (Å²) in [6, 6.07) is 0. The molecule has 1 atom stereocenters. The average molecular weight is 249 g/mol. The van der Waals surface area contributed by atoms with Crippen LogP contribution in [0.1, 0.15) is 26.1 Å². The molecule has 1 unspecified atom stereocenters. The maximum Gasteiger partial charge on any atom is 0.147 e. The minimum absolute atomic E-state index is 0.447. The second-order valence-electron chi connectivity index (χ2n) is 6.10. The molecule has 0 bridgehead atoms. The van der Waals surface area contributed by atoms with Crippen molar-refractivity contribution in [1.82, 2.24) is 25.0 Å². The first-order valence-corrected chi connectivity index (χ1v) is 6.99. The number of fused-ring (bicyclic) bond motifs is 1. The van der Waals surface area contributed by atoms with Crippen molar-refractivity contribution >= 4 is 0 Å². The molecular weight excluding hydrogens is 226 g/mol. The summed E-state index contributed by atoms with van der Waals surface area (Å²) in [5.41, 5.74) is 0.447. The van der Waals surface area contributed by atoms with E-state index in [2.05, 4.69) is 38.8 Å². The van der Waals surface area contributed by atoms with Crippen LogP contribution in [0.4, 0.5) is 0 Å². The molecule has 2 aliphatic rings. The zero-order valence-electron chi connectivity index (χ0n) is 11.4. The van der Waals surface area contributed by atoms with E-state index in [1.165, 1.54) is 19.5 Å². The van der Waals surface area contributed by atoms with Gasteiger partial charge in [0.2, 0.25) is 0 Å². The molecule has 1 saturated heterocycles. The zero-order chi connectivity index (χ0) is 12.6. The van der Waals surface area contributed by atoms with Crippen LogP contribution < -0.4 is 5.32 Å². The van der Waals surface area contributed by atoms with Crippen LogP contribution in [0.15, 0.2) is 6.33 Å². The normalized spacial score (nSPS) is 28.8. The first kappa shape index (κ1) is 12.1. The summed E-state index contributed by atoms with van der Waals surface area (Å²) in [5, 5.41) is 11.7. The summed E-state index contributed by atoms with van der Waals surface area (Å²) in [6.07, 6.45) is 3.15. The van der Waals surface area contributed by atoms with E-state index in [4.69, 9.17) is 0 Å². The molecule has 18 heavy (non-hydrogen) atoms. The lowest BCUT2D eigenvalue weighted by Crippen LogP contribution is -2.45. The Morgan fingerprint density at radius 2 is 2.33 bits per heavy atom. The Hall–Kier alpha value is -0.940. The fourth-order valence-electron chi connectivity index (χ4n) is 3.27. The quantitative estimate of drug-likeness (QED) is 0.858. The van der Waals surface area contributed by atoms with E-state index in [9.17, 15) is 0 Å². The third-order valence-corrected chi connectivity index (χ3v) is 4.76. The van der Waals surface area contributed by atoms with Gasteiger partial charge < -0.3 is 9.88 Å². The van der Waals surface area contributed by atoms with Crippen LogP contribution in [0.3, 0.4) is 0 Å². The highest BCUT2D eigenvalue weighted by Gasteiger charge is 2.38. The van der Waals surface area contributed by atoms with Gasteiger partial charge in [0.25, 0.3) is 0 Å². The standard InChI is InChI=1S/C13H23N5/c1-11(2)13(3-4-14-8-13)9-17-5-6-18-10-15-16-12(18)7-17/h10-11,14H,3-9H2,1-2H3. The van der Waals surface area contributed by atoms with Crippen LogP contribution in [0, 0.1) is 11.3 Å². The molecule has 0 saturated carbocycles. The lowest BCUT2D eigenvalue weighted by Gasteiger charge is -2.39. The molecule has 0 aliphatic carbocycles. The highest BCUT2D eigenvalue weighted by Crippen LogP contribution is 2.35. The van der Waals surface area contributed by atoms with Gasteiger partial charge in [0.15, 0.2) is 0 Å². The topological polar surface area (TPSA) is 46.0 Å². The molecule has 5 heteroatoms. The second-order valence-corrected chi connectivity index (χ2v) is 6.10. The number of hydrogen-bond donors (Lipinski definition) is 1. The Morgan fingerprint density at radius 1 is 1.44 bits per heavy atom. The SMILES string of the molecule is CC(C)C1(CN2CCn3cnnc3C2)CCNC1. The fourth-order valence-corrected chi connectivity index (χ4v) is 3.27. The summed E-state index contributed by atoms with van der Waals surface area (Å²) >= 11 is 0. The lowest BCUT2D eigenvalue weighted by atomic mass is 9.76. The number of nitrogens with zero attached hydrogens (tertiary/aromatic N) is 4. The summed E-state index contributed by atoms with van der Waals surface area (Å²) in [7, 11) is 0. The molecule has 1 fully saturated rings. The molecule has 3 heterocycles. The Kier molecular flexibility index (Phi) is 3.11. The molecule has 0 spiro atoms. The first-order chi connectivity index (χ1) is 8.70. The zero-order valence-corrected chi connectivity index (χ0v) is 11.4. The maximum absolute atomic E-state index is 4.20. The third kappa shape index (κ3) is 2.06. The van der Waals surface area contributed by atoms with E-state index in [0.29, 0.717) is 5.41 Å². The van der Waals surface area contributed by atoms with Crippen LogP contribution in [-0.4, -0.2) is 45.8 Å². The van der Waals surface area contributed by atoms with Gasteiger partial charge in [-0.3, -0.25) is 4.90 Å². The minimum Gasteiger partial charge on any atom is -0.316 e. The van der Waals surface area contributed by atoms with E-state index in [0.717, 1.165) is 37.9 Å². The molecule has 0 aromatic carbocycles. The van der Waals surface area contributed by atoms with Crippen LogP contribution in [0.5, 0.6) is 0 Å². The van der Waals surface area contributed by atoms with Gasteiger partial charge in [-0.15, -0.1) is 10.2 Å². The molecule has 100 valence electrons. The molecule has 0 radical (unpaired) electrons. The summed E-state index contributed by atoms with van der Waals surface area (Å²) in [6.45, 7) is 11.3. The van der Waals surface area contributed by atoms with Crippen molar-refractivity contribution in [3.05, 3.63) is 12.2 Å². The Balaban J connectivity index is 1.70. The predicted molar refractivity (Wildman–Crippen MR) is 70.1 cm³/mol. The lowest BCUT2D eigenvalue weighted by molar-refractivity contribution is 0.0963. The van der Waals surface area contributed by atoms with E-state index in [-0.39, 0.29) is 0 Å². The van der Waals surface area contributed by atoms with Crippen molar-refractivity contribution < 1.29 is 0 Å². The Labute approximate surface area is 109 Å². The van der Waals surface area contributed by atoms with Crippen molar-refractivity contribution in [2.75, 3.05) is 26.2 Å². The number of rotatable bonds is 3. The van der Waals surface area contributed by atoms with E-state index >= 15 is 0 Å². The molecule has 1 aromatic heterocycles. The van der Waals surface area contributed by atoms with E-state index < -0.39 is 0 Å². The largest absolute Gasteiger partial charge is 0.316 e. The van der Waals surface area contributed by atoms with Crippen LogP contribution in [-0.2, 0) is 13.1 Å². The maximum atomic E-state index is 4.20. The number of nitrogens with one attached hydrogen (secondary N) is 1. The molecule has 3 rings (SSSR count). The van der Waals surface area contributed by atoms with Crippen LogP contribution >= 0.6 is 0 Å². The van der Waals surface area contributed by atoms with Gasteiger partial charge in [0, 0.05) is 26.2 Å². The molecule has 2 aliphatic heterocycles. The van der Waals surface area contributed by atoms with Gasteiger partial charge in [0.1, 0.15) is 12.2 Å². The van der Waals surface area contributed by atoms with E-state index in [1.807, 2.05) is 6.33 Å². The van der Waals surface area contributed by atoms with Crippen LogP contribution in [0.2, 0.25) is 0 Å². The smallest absolute Gasteiger partial charge is 0.147 e. The van der Waals surface area contributed by atoms with Crippen molar-refractivity contribution in [3.63, 3.8) is 0 Å². The van der Waals surface area contributed by atoms with Crippen molar-refractivity contribution in [2.24, 2.45) is 11.3 Å². The van der Waals surface area contributed by atoms with Gasteiger partial charge in [-0.25, -0.2) is 0 Å². The van der Waals surface area contributed by atoms with E-state index in [1.54, 1.807) is 0 Å². The molecule has 1 aromatic rings. The minimum atomic E-state index is 0.447. The van der Waals surface area contributed by atoms with Gasteiger partial charge in [0.05, 0.1) is 6.54 Å². The summed E-state index contributed by atoms with van der Waals surface area (Å²) in [4.78, 5) is 2.55. The summed E-state index contributed by atoms with van der Waals surface area (Å²) in [5.74, 6) is 1.85. The Morgan fingerprint density at radius 3 is 3.06 bits per heavy atom. The highest BCUT2D eigenvalue weighted by molar-refractivity contribution is 4.96. The monoisotopic (exact) mass is 249 g/mol. The number of hydrogen-bond acceptors (Lipinski definition) is 4. The first-order valence-electron chi connectivity index (χ1n) is 6.99.